The minimum absolute atomic E-state index is 0.0853. The van der Waals surface area contributed by atoms with Crippen LogP contribution in [0.5, 0.6) is 0 Å². The molecule has 3 aliphatic rings. The molecular formula is C16H27N3O2. The molecule has 0 aromatic carbocycles. The second kappa shape index (κ2) is 5.27. The second-order valence-corrected chi connectivity index (χ2v) is 7.30. The number of likely N-dealkylation sites (tertiary alicyclic amines) is 2. The molecule has 1 N–H and O–H groups in total. The molecule has 21 heavy (non-hydrogen) atoms. The summed E-state index contributed by atoms with van der Waals surface area (Å²) in [7, 11) is 2.23. The Morgan fingerprint density at radius 2 is 1.90 bits per heavy atom. The van der Waals surface area contributed by atoms with E-state index in [9.17, 15) is 9.59 Å². The van der Waals surface area contributed by atoms with Crippen LogP contribution in [0.15, 0.2) is 0 Å². The molecule has 0 aromatic rings. The number of carbonyl (C=O) groups excluding carboxylic acids is 2. The zero-order valence-corrected chi connectivity index (χ0v) is 13.4. The highest BCUT2D eigenvalue weighted by Gasteiger charge is 2.58. The standard InChI is InChI=1S/C16H27N3O2/c1-11(20)17-9-15(21)19-10-12-8-16(2)13(18(12)3)6-4-5-7-14(16)19/h12-14H,4-10H2,1-3H3,(H,17,20)/t12-,13-,14+,16-/m0/s1. The van der Waals surface area contributed by atoms with Crippen LogP contribution >= 0.6 is 0 Å². The summed E-state index contributed by atoms with van der Waals surface area (Å²) in [6.45, 7) is 4.81. The van der Waals surface area contributed by atoms with Gasteiger partial charge in [0.15, 0.2) is 0 Å². The van der Waals surface area contributed by atoms with Gasteiger partial charge < -0.3 is 10.2 Å². The first-order chi connectivity index (χ1) is 9.93. The third kappa shape index (κ3) is 2.35. The first-order valence-electron chi connectivity index (χ1n) is 8.19. The van der Waals surface area contributed by atoms with Gasteiger partial charge in [-0.25, -0.2) is 0 Å². The maximum Gasteiger partial charge on any atom is 0.242 e. The molecule has 3 fully saturated rings. The third-order valence-corrected chi connectivity index (χ3v) is 6.06. The van der Waals surface area contributed by atoms with Gasteiger partial charge in [-0.3, -0.25) is 14.5 Å². The largest absolute Gasteiger partial charge is 0.347 e. The third-order valence-electron chi connectivity index (χ3n) is 6.06. The van der Waals surface area contributed by atoms with Crippen LogP contribution in [0.3, 0.4) is 0 Å². The maximum atomic E-state index is 12.6. The van der Waals surface area contributed by atoms with Crippen LogP contribution in [0.1, 0.15) is 46.0 Å². The lowest BCUT2D eigenvalue weighted by Crippen LogP contribution is -2.57. The molecule has 2 heterocycles. The SMILES string of the molecule is CC(=O)NCC(=O)N1C[C@@H]2C[C@@]3(C)[C@H](CCCC[C@@H]13)N2C. The Hall–Kier alpha value is -1.10. The number of likely N-dealkylation sites (N-methyl/N-ethyl adjacent to an activating group) is 1. The van der Waals surface area contributed by atoms with Crippen molar-refractivity contribution in [2.45, 2.75) is 64.1 Å². The summed E-state index contributed by atoms with van der Waals surface area (Å²) < 4.78 is 0. The lowest BCUT2D eigenvalue weighted by Gasteiger charge is -2.46. The fraction of sp³-hybridized carbons (Fsp3) is 0.875. The van der Waals surface area contributed by atoms with Crippen molar-refractivity contribution in [3.8, 4) is 0 Å². The first kappa shape index (κ1) is 14.8. The van der Waals surface area contributed by atoms with Gasteiger partial charge in [0.2, 0.25) is 11.8 Å². The minimum atomic E-state index is -0.134. The van der Waals surface area contributed by atoms with E-state index in [0.29, 0.717) is 18.1 Å². The predicted octanol–water partition coefficient (Wildman–Crippen LogP) is 0.986. The van der Waals surface area contributed by atoms with Crippen LogP contribution in [-0.4, -0.2) is 59.9 Å². The summed E-state index contributed by atoms with van der Waals surface area (Å²) in [6.07, 6.45) is 6.05. The van der Waals surface area contributed by atoms with E-state index in [1.807, 2.05) is 0 Å². The molecule has 2 saturated heterocycles. The highest BCUT2D eigenvalue weighted by Crippen LogP contribution is 2.52. The molecule has 1 saturated carbocycles. The molecule has 5 heteroatoms. The van der Waals surface area contributed by atoms with E-state index in [4.69, 9.17) is 0 Å². The zero-order valence-electron chi connectivity index (χ0n) is 13.4. The van der Waals surface area contributed by atoms with Crippen LogP contribution in [0, 0.1) is 5.41 Å². The zero-order chi connectivity index (χ0) is 15.2. The van der Waals surface area contributed by atoms with E-state index in [1.54, 1.807) is 0 Å². The highest BCUT2D eigenvalue weighted by atomic mass is 16.2. The summed E-state index contributed by atoms with van der Waals surface area (Å²) in [5.41, 5.74) is 0.222. The van der Waals surface area contributed by atoms with Gasteiger partial charge in [0, 0.05) is 37.0 Å². The van der Waals surface area contributed by atoms with Gasteiger partial charge in [0.1, 0.15) is 0 Å². The molecule has 0 unspecified atom stereocenters. The molecule has 3 rings (SSSR count). The molecule has 4 atom stereocenters. The van der Waals surface area contributed by atoms with Crippen LogP contribution in [0.2, 0.25) is 0 Å². The van der Waals surface area contributed by atoms with Crippen LogP contribution < -0.4 is 5.32 Å². The van der Waals surface area contributed by atoms with Gasteiger partial charge in [0.05, 0.1) is 6.54 Å². The van der Waals surface area contributed by atoms with Crippen molar-refractivity contribution in [3.63, 3.8) is 0 Å². The van der Waals surface area contributed by atoms with Crippen molar-refractivity contribution >= 4 is 11.8 Å². The number of hydrogen-bond acceptors (Lipinski definition) is 3. The number of rotatable bonds is 2. The van der Waals surface area contributed by atoms with Crippen molar-refractivity contribution in [2.75, 3.05) is 20.1 Å². The number of amides is 2. The summed E-state index contributed by atoms with van der Waals surface area (Å²) in [5.74, 6) is -0.0486. The Morgan fingerprint density at radius 3 is 2.57 bits per heavy atom. The van der Waals surface area contributed by atoms with Crippen molar-refractivity contribution in [1.29, 1.82) is 0 Å². The molecule has 118 valence electrons. The Morgan fingerprint density at radius 1 is 1.24 bits per heavy atom. The van der Waals surface area contributed by atoms with E-state index in [1.165, 1.54) is 32.6 Å². The average molecular weight is 293 g/mol. The van der Waals surface area contributed by atoms with Crippen molar-refractivity contribution in [1.82, 2.24) is 15.1 Å². The van der Waals surface area contributed by atoms with Crippen molar-refractivity contribution in [3.05, 3.63) is 0 Å². The highest BCUT2D eigenvalue weighted by molar-refractivity contribution is 5.84. The van der Waals surface area contributed by atoms with Crippen LogP contribution in [0.4, 0.5) is 0 Å². The number of nitrogens with one attached hydrogen (secondary N) is 1. The molecular weight excluding hydrogens is 266 g/mol. The van der Waals surface area contributed by atoms with E-state index in [2.05, 4.69) is 29.1 Å². The first-order valence-corrected chi connectivity index (χ1v) is 8.19. The molecule has 2 bridgehead atoms. The molecule has 1 aliphatic carbocycles. The topological polar surface area (TPSA) is 52.7 Å². The normalized spacial score (nSPS) is 39.0. The lowest BCUT2D eigenvalue weighted by molar-refractivity contribution is -0.139. The van der Waals surface area contributed by atoms with E-state index >= 15 is 0 Å². The van der Waals surface area contributed by atoms with Crippen LogP contribution in [-0.2, 0) is 9.59 Å². The predicted molar refractivity (Wildman–Crippen MR) is 80.7 cm³/mol. The van der Waals surface area contributed by atoms with Crippen molar-refractivity contribution in [2.24, 2.45) is 5.41 Å². The number of carbonyl (C=O) groups is 2. The molecule has 2 amide bonds. The Labute approximate surface area is 127 Å². The summed E-state index contributed by atoms with van der Waals surface area (Å²) in [4.78, 5) is 28.2. The van der Waals surface area contributed by atoms with Crippen LogP contribution in [0.25, 0.3) is 0 Å². The molecule has 0 spiro atoms. The minimum Gasteiger partial charge on any atom is -0.347 e. The maximum absolute atomic E-state index is 12.6. The van der Waals surface area contributed by atoms with E-state index in [0.717, 1.165) is 13.0 Å². The van der Waals surface area contributed by atoms with Gasteiger partial charge in [-0.05, 0) is 26.3 Å². The molecule has 0 aromatic heterocycles. The summed E-state index contributed by atoms with van der Waals surface area (Å²) in [6, 6.07) is 1.43. The lowest BCUT2D eigenvalue weighted by atomic mass is 9.71. The summed E-state index contributed by atoms with van der Waals surface area (Å²) in [5, 5.41) is 2.66. The number of hydrogen-bond donors (Lipinski definition) is 1. The van der Waals surface area contributed by atoms with Gasteiger partial charge in [-0.2, -0.15) is 0 Å². The Balaban J connectivity index is 1.83. The van der Waals surface area contributed by atoms with Gasteiger partial charge in [-0.15, -0.1) is 0 Å². The fourth-order valence-electron chi connectivity index (χ4n) is 5.04. The monoisotopic (exact) mass is 293 g/mol. The smallest absolute Gasteiger partial charge is 0.242 e. The number of fused-ring (bicyclic) bond motifs is 1. The Kier molecular flexibility index (Phi) is 3.72. The van der Waals surface area contributed by atoms with E-state index in [-0.39, 0.29) is 23.8 Å². The molecule has 2 aliphatic heterocycles. The quantitative estimate of drug-likeness (QED) is 0.826. The molecule has 5 nitrogen and oxygen atoms in total. The summed E-state index contributed by atoms with van der Waals surface area (Å²) >= 11 is 0. The van der Waals surface area contributed by atoms with E-state index < -0.39 is 0 Å². The number of piperidine rings is 1. The Bertz CT molecular complexity index is 453. The number of nitrogens with zero attached hydrogens (tertiary/aromatic N) is 2. The van der Waals surface area contributed by atoms with Crippen molar-refractivity contribution < 1.29 is 9.59 Å². The fourth-order valence-corrected chi connectivity index (χ4v) is 5.04. The van der Waals surface area contributed by atoms with Gasteiger partial charge >= 0.3 is 0 Å². The molecule has 0 radical (unpaired) electrons. The average Bonchev–Trinajstić information content (AvgIpc) is 2.56. The van der Waals surface area contributed by atoms with Gasteiger partial charge in [-0.1, -0.05) is 19.8 Å². The second-order valence-electron chi connectivity index (χ2n) is 7.30. The van der Waals surface area contributed by atoms with Gasteiger partial charge in [0.25, 0.3) is 0 Å².